The molecule has 1 atom stereocenters. The van der Waals surface area contributed by atoms with Gasteiger partial charge in [0.15, 0.2) is 0 Å². The van der Waals surface area contributed by atoms with Crippen molar-refractivity contribution in [2.45, 2.75) is 18.8 Å². The summed E-state index contributed by atoms with van der Waals surface area (Å²) in [5.74, 6) is 0.423. The van der Waals surface area contributed by atoms with E-state index in [0.29, 0.717) is 12.1 Å². The largest absolute Gasteiger partial charge is 0.321 e. The van der Waals surface area contributed by atoms with Crippen molar-refractivity contribution >= 4 is 22.6 Å². The molecule has 0 spiro atoms. The summed E-state index contributed by atoms with van der Waals surface area (Å²) >= 11 is 6.19. The van der Waals surface area contributed by atoms with Gasteiger partial charge in [-0.2, -0.15) is 5.10 Å². The molecule has 20 heavy (non-hydrogen) atoms. The second-order valence-corrected chi connectivity index (χ2v) is 5.44. The van der Waals surface area contributed by atoms with Crippen LogP contribution in [0.2, 0.25) is 0 Å². The van der Waals surface area contributed by atoms with E-state index in [0.717, 1.165) is 17.0 Å². The van der Waals surface area contributed by atoms with E-state index in [1.807, 2.05) is 30.8 Å². The zero-order valence-corrected chi connectivity index (χ0v) is 12.0. The van der Waals surface area contributed by atoms with Crippen LogP contribution >= 0.6 is 11.6 Å². The number of hydrogen-bond donors (Lipinski definition) is 0. The van der Waals surface area contributed by atoms with Gasteiger partial charge in [-0.25, -0.2) is 9.37 Å². The third-order valence-electron chi connectivity index (χ3n) is 3.18. The van der Waals surface area contributed by atoms with Crippen LogP contribution in [0.4, 0.5) is 4.39 Å². The number of rotatable bonds is 3. The van der Waals surface area contributed by atoms with E-state index in [-0.39, 0.29) is 11.2 Å². The van der Waals surface area contributed by atoms with Crippen LogP contribution in [0.5, 0.6) is 0 Å². The molecule has 3 rings (SSSR count). The molecular weight excluding hydrogens is 279 g/mol. The smallest absolute Gasteiger partial charge is 0.128 e. The number of alkyl halides is 1. The molecule has 3 aromatic rings. The maximum Gasteiger partial charge on any atom is 0.128 e. The number of nitrogens with zero attached hydrogens (tertiary/aromatic N) is 4. The maximum absolute atomic E-state index is 13.3. The first kappa shape index (κ1) is 13.1. The van der Waals surface area contributed by atoms with Gasteiger partial charge in [0.05, 0.1) is 28.6 Å². The van der Waals surface area contributed by atoms with E-state index in [9.17, 15) is 4.39 Å². The lowest BCUT2D eigenvalue weighted by Crippen LogP contribution is -2.06. The summed E-state index contributed by atoms with van der Waals surface area (Å²) in [6.07, 6.45) is 1.89. The second-order valence-electron chi connectivity index (χ2n) is 4.79. The minimum Gasteiger partial charge on any atom is -0.321 e. The van der Waals surface area contributed by atoms with Gasteiger partial charge in [-0.1, -0.05) is 0 Å². The van der Waals surface area contributed by atoms with Crippen LogP contribution in [0.3, 0.4) is 0 Å². The molecule has 0 bridgehead atoms. The summed E-state index contributed by atoms with van der Waals surface area (Å²) in [6, 6.07) is 6.52. The first-order chi connectivity index (χ1) is 9.54. The lowest BCUT2D eigenvalue weighted by Gasteiger charge is -2.08. The molecule has 1 unspecified atom stereocenters. The average Bonchev–Trinajstić information content (AvgIpc) is 2.94. The van der Waals surface area contributed by atoms with Crippen molar-refractivity contribution in [1.29, 1.82) is 0 Å². The molecule has 0 radical (unpaired) electrons. The Morgan fingerprint density at radius 3 is 2.80 bits per heavy atom. The first-order valence-corrected chi connectivity index (χ1v) is 6.76. The van der Waals surface area contributed by atoms with E-state index in [4.69, 9.17) is 11.6 Å². The molecule has 0 aliphatic heterocycles. The molecule has 0 N–H and O–H groups in total. The summed E-state index contributed by atoms with van der Waals surface area (Å²) in [5.41, 5.74) is 2.39. The maximum atomic E-state index is 13.3. The Hall–Kier alpha value is -1.88. The number of hydrogen-bond acceptors (Lipinski definition) is 2. The third-order valence-corrected chi connectivity index (χ3v) is 3.38. The minimum atomic E-state index is -0.297. The highest BCUT2D eigenvalue weighted by Gasteiger charge is 2.16. The fraction of sp³-hybridized carbons (Fsp3) is 0.286. The van der Waals surface area contributed by atoms with Gasteiger partial charge >= 0.3 is 0 Å². The predicted octanol–water partition coefficient (Wildman–Crippen LogP) is 3.26. The van der Waals surface area contributed by atoms with Crippen molar-refractivity contribution in [2.24, 2.45) is 7.05 Å². The van der Waals surface area contributed by atoms with E-state index >= 15 is 0 Å². The van der Waals surface area contributed by atoms with Gasteiger partial charge in [0.1, 0.15) is 11.6 Å². The van der Waals surface area contributed by atoms with Crippen LogP contribution in [0.15, 0.2) is 30.5 Å². The Kier molecular flexibility index (Phi) is 3.22. The highest BCUT2D eigenvalue weighted by molar-refractivity contribution is 6.20. The van der Waals surface area contributed by atoms with Crippen molar-refractivity contribution in [3.05, 3.63) is 47.8 Å². The molecular formula is C14H14ClFN4. The normalized spacial score (nSPS) is 13.0. The quantitative estimate of drug-likeness (QED) is 0.695. The number of aryl methyl sites for hydroxylation is 1. The van der Waals surface area contributed by atoms with Crippen molar-refractivity contribution in [3.8, 4) is 0 Å². The summed E-state index contributed by atoms with van der Waals surface area (Å²) < 4.78 is 17.0. The van der Waals surface area contributed by atoms with Gasteiger partial charge < -0.3 is 4.57 Å². The van der Waals surface area contributed by atoms with Crippen LogP contribution in [0, 0.1) is 5.82 Å². The summed E-state index contributed by atoms with van der Waals surface area (Å²) in [6.45, 7) is 2.42. The number of fused-ring (bicyclic) bond motifs is 1. The van der Waals surface area contributed by atoms with Gasteiger partial charge in [0, 0.05) is 19.3 Å². The monoisotopic (exact) mass is 292 g/mol. The molecule has 0 saturated carbocycles. The van der Waals surface area contributed by atoms with Crippen LogP contribution < -0.4 is 0 Å². The van der Waals surface area contributed by atoms with Crippen LogP contribution in [-0.4, -0.2) is 19.3 Å². The Morgan fingerprint density at radius 1 is 1.35 bits per heavy atom. The molecule has 0 amide bonds. The predicted molar refractivity (Wildman–Crippen MR) is 76.3 cm³/mol. The SMILES string of the molecule is CC(Cl)c1nc2cc(F)ccc2n1Cc1ccn(C)n1. The molecule has 0 aliphatic carbocycles. The highest BCUT2D eigenvalue weighted by atomic mass is 35.5. The van der Waals surface area contributed by atoms with Crippen LogP contribution in [0.1, 0.15) is 23.8 Å². The van der Waals surface area contributed by atoms with Crippen LogP contribution in [-0.2, 0) is 13.6 Å². The van der Waals surface area contributed by atoms with Gasteiger partial charge in [0.25, 0.3) is 0 Å². The fourth-order valence-corrected chi connectivity index (χ4v) is 2.47. The number of halogens is 2. The zero-order valence-electron chi connectivity index (χ0n) is 11.2. The molecule has 0 saturated heterocycles. The van der Waals surface area contributed by atoms with Crippen molar-refractivity contribution < 1.29 is 4.39 Å². The fourth-order valence-electron chi connectivity index (χ4n) is 2.30. The van der Waals surface area contributed by atoms with Gasteiger partial charge in [-0.15, -0.1) is 11.6 Å². The number of imidazole rings is 1. The standard InChI is InChI=1S/C14H14ClFN4/c1-9(15)14-17-12-7-10(16)3-4-13(12)20(14)8-11-5-6-19(2)18-11/h3-7,9H,8H2,1-2H3. The van der Waals surface area contributed by atoms with E-state index < -0.39 is 0 Å². The number of aromatic nitrogens is 4. The van der Waals surface area contributed by atoms with Crippen LogP contribution in [0.25, 0.3) is 11.0 Å². The summed E-state index contributed by atoms with van der Waals surface area (Å²) in [5, 5.41) is 4.11. The second kappa shape index (κ2) is 4.90. The third kappa shape index (κ3) is 2.29. The lowest BCUT2D eigenvalue weighted by atomic mass is 10.3. The average molecular weight is 293 g/mol. The molecule has 1 aromatic carbocycles. The zero-order chi connectivity index (χ0) is 14.3. The van der Waals surface area contributed by atoms with Crippen molar-refractivity contribution in [2.75, 3.05) is 0 Å². The minimum absolute atomic E-state index is 0.255. The topological polar surface area (TPSA) is 35.6 Å². The summed E-state index contributed by atoms with van der Waals surface area (Å²) in [4.78, 5) is 4.43. The Bertz CT molecular complexity index is 760. The van der Waals surface area contributed by atoms with Crippen molar-refractivity contribution in [3.63, 3.8) is 0 Å². The first-order valence-electron chi connectivity index (χ1n) is 6.33. The Balaban J connectivity index is 2.13. The lowest BCUT2D eigenvalue weighted by molar-refractivity contribution is 0.629. The van der Waals surface area contributed by atoms with E-state index in [2.05, 4.69) is 10.1 Å². The number of benzene rings is 1. The molecule has 104 valence electrons. The van der Waals surface area contributed by atoms with Gasteiger partial charge in [-0.3, -0.25) is 4.68 Å². The Morgan fingerprint density at radius 2 is 2.15 bits per heavy atom. The van der Waals surface area contributed by atoms with E-state index in [1.54, 1.807) is 10.7 Å². The van der Waals surface area contributed by atoms with E-state index in [1.165, 1.54) is 12.1 Å². The highest BCUT2D eigenvalue weighted by Crippen LogP contribution is 2.25. The van der Waals surface area contributed by atoms with Gasteiger partial charge in [-0.05, 0) is 25.1 Å². The van der Waals surface area contributed by atoms with Crippen molar-refractivity contribution in [1.82, 2.24) is 19.3 Å². The summed E-state index contributed by atoms with van der Waals surface area (Å²) in [7, 11) is 1.87. The molecule has 4 nitrogen and oxygen atoms in total. The molecule has 2 aromatic heterocycles. The molecule has 0 aliphatic rings. The Labute approximate surface area is 120 Å². The molecule has 0 fully saturated rings. The molecule has 2 heterocycles. The molecule has 6 heteroatoms. The van der Waals surface area contributed by atoms with Gasteiger partial charge in [0.2, 0.25) is 0 Å².